The summed E-state index contributed by atoms with van der Waals surface area (Å²) >= 11 is 0. The zero-order valence-corrected chi connectivity index (χ0v) is 11.1. The summed E-state index contributed by atoms with van der Waals surface area (Å²) in [6.45, 7) is 6.39. The summed E-state index contributed by atoms with van der Waals surface area (Å²) in [5.74, 6) is 0.204. The molecule has 0 aromatic heterocycles. The molecule has 0 aromatic carbocycles. The number of carbonyl (C=O) groups is 1. The van der Waals surface area contributed by atoms with Crippen LogP contribution in [-0.4, -0.2) is 47.7 Å². The maximum absolute atomic E-state index is 12.0. The van der Waals surface area contributed by atoms with Crippen molar-refractivity contribution in [3.8, 4) is 0 Å². The fourth-order valence-electron chi connectivity index (χ4n) is 2.15. The van der Waals surface area contributed by atoms with E-state index in [-0.39, 0.29) is 18.1 Å². The molecule has 2 atom stereocenters. The van der Waals surface area contributed by atoms with Crippen molar-refractivity contribution in [1.29, 1.82) is 0 Å². The van der Waals surface area contributed by atoms with Crippen LogP contribution in [0, 0.1) is 0 Å². The lowest BCUT2D eigenvalue weighted by Gasteiger charge is -2.29. The van der Waals surface area contributed by atoms with Crippen LogP contribution in [-0.2, 0) is 4.79 Å². The van der Waals surface area contributed by atoms with Gasteiger partial charge in [0.15, 0.2) is 0 Å². The Labute approximate surface area is 104 Å². The highest BCUT2D eigenvalue weighted by Gasteiger charge is 2.21. The third-order valence-corrected chi connectivity index (χ3v) is 3.44. The second-order valence-corrected chi connectivity index (χ2v) is 4.91. The summed E-state index contributed by atoms with van der Waals surface area (Å²) < 4.78 is 0. The van der Waals surface area contributed by atoms with Crippen LogP contribution < -0.4 is 5.32 Å². The molecule has 1 fully saturated rings. The van der Waals surface area contributed by atoms with Crippen LogP contribution in [0.15, 0.2) is 0 Å². The Bertz CT molecular complexity index is 227. The Morgan fingerprint density at radius 2 is 2.00 bits per heavy atom. The Kier molecular flexibility index (Phi) is 6.52. The van der Waals surface area contributed by atoms with E-state index >= 15 is 0 Å². The van der Waals surface area contributed by atoms with E-state index in [0.717, 1.165) is 32.4 Å². The molecule has 100 valence electrons. The quantitative estimate of drug-likeness (QED) is 0.734. The van der Waals surface area contributed by atoms with Gasteiger partial charge in [-0.3, -0.25) is 4.79 Å². The summed E-state index contributed by atoms with van der Waals surface area (Å²) in [7, 11) is 0. The Morgan fingerprint density at radius 1 is 1.35 bits per heavy atom. The van der Waals surface area contributed by atoms with E-state index in [1.807, 2.05) is 18.7 Å². The lowest BCUT2D eigenvalue weighted by atomic mass is 10.1. The lowest BCUT2D eigenvalue weighted by Crippen LogP contribution is -2.47. The smallest absolute Gasteiger partial charge is 0.239 e. The molecule has 0 aliphatic carbocycles. The maximum atomic E-state index is 12.0. The first-order chi connectivity index (χ1) is 8.15. The van der Waals surface area contributed by atoms with Crippen molar-refractivity contribution in [2.75, 3.05) is 19.6 Å². The predicted molar refractivity (Wildman–Crippen MR) is 68.8 cm³/mol. The normalized spacial score (nSPS) is 20.1. The molecule has 1 saturated heterocycles. The van der Waals surface area contributed by atoms with Gasteiger partial charge in [0.2, 0.25) is 5.91 Å². The standard InChI is InChI=1S/C13H26N2O2/c1-3-12(16)7-8-14-11(2)13(17)15-9-5-4-6-10-15/h11-12,14,16H,3-10H2,1-2H3. The highest BCUT2D eigenvalue weighted by molar-refractivity contribution is 5.81. The van der Waals surface area contributed by atoms with E-state index in [0.29, 0.717) is 13.0 Å². The van der Waals surface area contributed by atoms with Gasteiger partial charge in [-0.05, 0) is 45.6 Å². The number of rotatable bonds is 6. The molecule has 1 heterocycles. The van der Waals surface area contributed by atoms with Gasteiger partial charge in [-0.25, -0.2) is 0 Å². The average molecular weight is 242 g/mol. The first-order valence-corrected chi connectivity index (χ1v) is 6.85. The molecular weight excluding hydrogens is 216 g/mol. The number of likely N-dealkylation sites (tertiary alicyclic amines) is 1. The summed E-state index contributed by atoms with van der Waals surface area (Å²) in [6, 6.07) is -0.128. The molecule has 2 N–H and O–H groups in total. The van der Waals surface area contributed by atoms with Gasteiger partial charge in [0.1, 0.15) is 0 Å². The lowest BCUT2D eigenvalue weighted by molar-refractivity contribution is -0.133. The number of piperidine rings is 1. The molecule has 0 radical (unpaired) electrons. The van der Waals surface area contributed by atoms with E-state index < -0.39 is 0 Å². The Balaban J connectivity index is 2.21. The molecule has 1 amide bonds. The first-order valence-electron chi connectivity index (χ1n) is 6.85. The minimum Gasteiger partial charge on any atom is -0.393 e. The van der Waals surface area contributed by atoms with Crippen LogP contribution in [0.25, 0.3) is 0 Å². The molecule has 1 aliphatic heterocycles. The Hall–Kier alpha value is -0.610. The maximum Gasteiger partial charge on any atom is 0.239 e. The third kappa shape index (κ3) is 5.04. The summed E-state index contributed by atoms with van der Waals surface area (Å²) in [5, 5.41) is 12.6. The molecule has 0 saturated carbocycles. The summed E-state index contributed by atoms with van der Waals surface area (Å²) in [6.07, 6.45) is 4.75. The fraction of sp³-hybridized carbons (Fsp3) is 0.923. The summed E-state index contributed by atoms with van der Waals surface area (Å²) in [5.41, 5.74) is 0. The van der Waals surface area contributed by atoms with Crippen molar-refractivity contribution in [2.24, 2.45) is 0 Å². The summed E-state index contributed by atoms with van der Waals surface area (Å²) in [4.78, 5) is 14.0. The minimum absolute atomic E-state index is 0.128. The van der Waals surface area contributed by atoms with Crippen molar-refractivity contribution in [1.82, 2.24) is 10.2 Å². The molecule has 1 aliphatic rings. The number of nitrogens with zero attached hydrogens (tertiary/aromatic N) is 1. The minimum atomic E-state index is -0.250. The number of hydrogen-bond donors (Lipinski definition) is 2. The van der Waals surface area contributed by atoms with E-state index in [9.17, 15) is 9.90 Å². The average Bonchev–Trinajstić information content (AvgIpc) is 2.38. The van der Waals surface area contributed by atoms with E-state index in [1.165, 1.54) is 6.42 Å². The first kappa shape index (κ1) is 14.5. The van der Waals surface area contributed by atoms with Gasteiger partial charge in [0, 0.05) is 13.1 Å². The monoisotopic (exact) mass is 242 g/mol. The van der Waals surface area contributed by atoms with Crippen molar-refractivity contribution in [3.63, 3.8) is 0 Å². The molecule has 0 aromatic rings. The van der Waals surface area contributed by atoms with Crippen LogP contribution >= 0.6 is 0 Å². The van der Waals surface area contributed by atoms with Crippen molar-refractivity contribution in [3.05, 3.63) is 0 Å². The zero-order valence-electron chi connectivity index (χ0n) is 11.1. The van der Waals surface area contributed by atoms with Gasteiger partial charge in [-0.2, -0.15) is 0 Å². The van der Waals surface area contributed by atoms with Gasteiger partial charge < -0.3 is 15.3 Å². The van der Waals surface area contributed by atoms with Gasteiger partial charge in [0.25, 0.3) is 0 Å². The van der Waals surface area contributed by atoms with Gasteiger partial charge in [-0.1, -0.05) is 6.92 Å². The number of hydrogen-bond acceptors (Lipinski definition) is 3. The fourth-order valence-corrected chi connectivity index (χ4v) is 2.15. The topological polar surface area (TPSA) is 52.6 Å². The van der Waals surface area contributed by atoms with E-state index in [1.54, 1.807) is 0 Å². The molecule has 4 nitrogen and oxygen atoms in total. The second kappa shape index (κ2) is 7.67. The number of aliphatic hydroxyl groups is 1. The molecule has 0 spiro atoms. The number of aliphatic hydroxyl groups excluding tert-OH is 1. The largest absolute Gasteiger partial charge is 0.393 e. The van der Waals surface area contributed by atoms with Crippen LogP contribution in [0.4, 0.5) is 0 Å². The van der Waals surface area contributed by atoms with Crippen LogP contribution in [0.3, 0.4) is 0 Å². The second-order valence-electron chi connectivity index (χ2n) is 4.91. The highest BCUT2D eigenvalue weighted by atomic mass is 16.3. The van der Waals surface area contributed by atoms with Crippen molar-refractivity contribution >= 4 is 5.91 Å². The van der Waals surface area contributed by atoms with Crippen molar-refractivity contribution in [2.45, 2.75) is 58.1 Å². The SMILES string of the molecule is CCC(O)CCNC(C)C(=O)N1CCCCC1. The van der Waals surface area contributed by atoms with Crippen LogP contribution in [0.5, 0.6) is 0 Å². The number of nitrogens with one attached hydrogen (secondary N) is 1. The molecule has 17 heavy (non-hydrogen) atoms. The van der Waals surface area contributed by atoms with Crippen LogP contribution in [0.2, 0.25) is 0 Å². The molecular formula is C13H26N2O2. The van der Waals surface area contributed by atoms with Gasteiger partial charge in [-0.15, -0.1) is 0 Å². The predicted octanol–water partition coefficient (Wildman–Crippen LogP) is 1.14. The Morgan fingerprint density at radius 3 is 2.59 bits per heavy atom. The number of carbonyl (C=O) groups excluding carboxylic acids is 1. The van der Waals surface area contributed by atoms with E-state index in [2.05, 4.69) is 5.32 Å². The van der Waals surface area contributed by atoms with Crippen LogP contribution in [0.1, 0.15) is 46.0 Å². The number of amides is 1. The van der Waals surface area contributed by atoms with E-state index in [4.69, 9.17) is 0 Å². The van der Waals surface area contributed by atoms with Gasteiger partial charge >= 0.3 is 0 Å². The highest BCUT2D eigenvalue weighted by Crippen LogP contribution is 2.09. The zero-order chi connectivity index (χ0) is 12.7. The van der Waals surface area contributed by atoms with Crippen molar-refractivity contribution < 1.29 is 9.90 Å². The molecule has 0 bridgehead atoms. The molecule has 4 heteroatoms. The third-order valence-electron chi connectivity index (χ3n) is 3.44. The molecule has 1 rings (SSSR count). The van der Waals surface area contributed by atoms with Gasteiger partial charge in [0.05, 0.1) is 12.1 Å². The molecule has 2 unspecified atom stereocenters.